The average Bonchev–Trinajstić information content (AvgIpc) is 3.04. The summed E-state index contributed by atoms with van der Waals surface area (Å²) in [7, 11) is 0. The van der Waals surface area contributed by atoms with Crippen LogP contribution in [0.3, 0.4) is 0 Å². The molecule has 0 saturated heterocycles. The molecule has 6 nitrogen and oxygen atoms in total. The quantitative estimate of drug-likeness (QED) is 0.454. The van der Waals surface area contributed by atoms with Crippen molar-refractivity contribution >= 4 is 40.5 Å². The molecule has 2 rings (SSSR count). The molecule has 1 aromatic carbocycles. The number of thiazole rings is 1. The molecule has 0 spiro atoms. The summed E-state index contributed by atoms with van der Waals surface area (Å²) in [4.78, 5) is 9.90. The van der Waals surface area contributed by atoms with E-state index in [0.717, 1.165) is 9.88 Å². The van der Waals surface area contributed by atoms with E-state index in [9.17, 15) is 5.11 Å². The van der Waals surface area contributed by atoms with Crippen molar-refractivity contribution < 1.29 is 9.84 Å². The van der Waals surface area contributed by atoms with Gasteiger partial charge in [0.25, 0.3) is 0 Å². The number of rotatable bonds is 8. The molecule has 0 aliphatic heterocycles. The van der Waals surface area contributed by atoms with E-state index >= 15 is 0 Å². The summed E-state index contributed by atoms with van der Waals surface area (Å²) in [5.41, 5.74) is 0. The summed E-state index contributed by atoms with van der Waals surface area (Å²) in [5.74, 6) is 1.05. The first-order chi connectivity index (χ1) is 12.5. The Balaban J connectivity index is 1.82. The van der Waals surface area contributed by atoms with Gasteiger partial charge in [-0.15, -0.1) is 11.3 Å². The van der Waals surface area contributed by atoms with Crippen molar-refractivity contribution in [3.63, 3.8) is 0 Å². The molecule has 142 valence electrons. The van der Waals surface area contributed by atoms with Gasteiger partial charge >= 0.3 is 0 Å². The lowest BCUT2D eigenvalue weighted by molar-refractivity contribution is 0.110. The summed E-state index contributed by atoms with van der Waals surface area (Å²) >= 11 is 13.6. The molecule has 0 bridgehead atoms. The van der Waals surface area contributed by atoms with Crippen molar-refractivity contribution in [3.05, 3.63) is 44.3 Å². The number of halogens is 2. The van der Waals surface area contributed by atoms with E-state index in [4.69, 9.17) is 27.9 Å². The van der Waals surface area contributed by atoms with E-state index < -0.39 is 6.10 Å². The van der Waals surface area contributed by atoms with Gasteiger partial charge in [-0.05, 0) is 26.0 Å². The highest BCUT2D eigenvalue weighted by Crippen LogP contribution is 2.31. The van der Waals surface area contributed by atoms with Crippen LogP contribution in [0, 0.1) is 6.92 Å². The van der Waals surface area contributed by atoms with Gasteiger partial charge in [0.15, 0.2) is 5.96 Å². The Kier molecular flexibility index (Phi) is 8.44. The molecule has 0 radical (unpaired) electrons. The predicted molar refractivity (Wildman–Crippen MR) is 108 cm³/mol. The maximum atomic E-state index is 10.1. The maximum absolute atomic E-state index is 10.1. The number of nitrogens with zero attached hydrogens (tertiary/aromatic N) is 2. The number of nitrogens with one attached hydrogen (secondary N) is 2. The van der Waals surface area contributed by atoms with Crippen LogP contribution in [0.25, 0.3) is 0 Å². The first-order valence-electron chi connectivity index (χ1n) is 8.18. The standard InChI is InChI=1S/C17H22Cl2N4O2S/c1-3-20-17(23-9-15-21-7-11(2)26-15)22-8-12(24)10-25-14-6-4-5-13(18)16(14)19/h4-7,12,24H,3,8-10H2,1-2H3,(H2,20,22,23). The Morgan fingerprint density at radius 2 is 2.19 bits per heavy atom. The van der Waals surface area contributed by atoms with Gasteiger partial charge in [0, 0.05) is 24.2 Å². The Bertz CT molecular complexity index is 739. The zero-order valence-corrected chi connectivity index (χ0v) is 17.0. The topological polar surface area (TPSA) is 78.8 Å². The van der Waals surface area contributed by atoms with E-state index in [0.29, 0.717) is 34.8 Å². The number of aliphatic hydroxyl groups excluding tert-OH is 1. The first kappa shape index (κ1) is 20.8. The van der Waals surface area contributed by atoms with Crippen molar-refractivity contribution in [2.75, 3.05) is 19.7 Å². The molecule has 0 saturated carbocycles. The van der Waals surface area contributed by atoms with E-state index in [1.165, 1.54) is 0 Å². The minimum Gasteiger partial charge on any atom is -0.489 e. The van der Waals surface area contributed by atoms with E-state index in [1.807, 2.05) is 20.0 Å². The van der Waals surface area contributed by atoms with Gasteiger partial charge < -0.3 is 20.5 Å². The SMILES string of the molecule is CCNC(=NCc1ncc(C)s1)NCC(O)COc1cccc(Cl)c1Cl. The molecule has 9 heteroatoms. The van der Waals surface area contributed by atoms with E-state index in [-0.39, 0.29) is 13.2 Å². The number of aromatic nitrogens is 1. The van der Waals surface area contributed by atoms with E-state index in [1.54, 1.807) is 29.5 Å². The van der Waals surface area contributed by atoms with Gasteiger partial charge in [-0.3, -0.25) is 0 Å². The number of aliphatic hydroxyl groups is 1. The maximum Gasteiger partial charge on any atom is 0.191 e. The van der Waals surface area contributed by atoms with Crippen molar-refractivity contribution in [1.82, 2.24) is 15.6 Å². The molecule has 26 heavy (non-hydrogen) atoms. The molecule has 2 aromatic rings. The van der Waals surface area contributed by atoms with Crippen LogP contribution >= 0.6 is 34.5 Å². The molecule has 0 aliphatic rings. The lowest BCUT2D eigenvalue weighted by Gasteiger charge is -2.16. The molecule has 1 aromatic heterocycles. The van der Waals surface area contributed by atoms with Crippen molar-refractivity contribution in [1.29, 1.82) is 0 Å². The Morgan fingerprint density at radius 3 is 2.88 bits per heavy atom. The predicted octanol–water partition coefficient (Wildman–Crippen LogP) is 3.25. The van der Waals surface area contributed by atoms with Gasteiger partial charge in [-0.1, -0.05) is 29.3 Å². The van der Waals surface area contributed by atoms with E-state index in [2.05, 4.69) is 20.6 Å². The Labute approximate surface area is 167 Å². The number of hydrogen-bond acceptors (Lipinski definition) is 5. The third kappa shape index (κ3) is 6.64. The Hall–Kier alpha value is -1.54. The summed E-state index contributed by atoms with van der Waals surface area (Å²) in [5, 5.41) is 18.0. The van der Waals surface area contributed by atoms with Crippen LogP contribution in [-0.4, -0.2) is 41.9 Å². The number of guanidine groups is 1. The Morgan fingerprint density at radius 1 is 1.38 bits per heavy atom. The van der Waals surface area contributed by atoms with Crippen LogP contribution in [0.15, 0.2) is 29.4 Å². The van der Waals surface area contributed by atoms with Crippen LogP contribution in [0.4, 0.5) is 0 Å². The molecular formula is C17H22Cl2N4O2S. The van der Waals surface area contributed by atoms with Gasteiger partial charge in [0.05, 0.1) is 11.6 Å². The average molecular weight is 417 g/mol. The first-order valence-corrected chi connectivity index (χ1v) is 9.75. The molecule has 1 atom stereocenters. The third-order valence-corrected chi connectivity index (χ3v) is 4.94. The lowest BCUT2D eigenvalue weighted by Crippen LogP contribution is -2.42. The van der Waals surface area contributed by atoms with Gasteiger partial charge in [-0.2, -0.15) is 0 Å². The van der Waals surface area contributed by atoms with Gasteiger partial charge in [0.1, 0.15) is 28.5 Å². The van der Waals surface area contributed by atoms with Crippen LogP contribution in [0.2, 0.25) is 10.0 Å². The molecule has 0 aliphatic carbocycles. The second kappa shape index (κ2) is 10.6. The van der Waals surface area contributed by atoms with Crippen LogP contribution < -0.4 is 15.4 Å². The highest BCUT2D eigenvalue weighted by Gasteiger charge is 2.10. The largest absolute Gasteiger partial charge is 0.489 e. The molecule has 1 unspecified atom stereocenters. The zero-order chi connectivity index (χ0) is 18.9. The molecule has 0 amide bonds. The number of hydrogen-bond donors (Lipinski definition) is 3. The number of aryl methyl sites for hydroxylation is 1. The fourth-order valence-electron chi connectivity index (χ4n) is 2.02. The van der Waals surface area contributed by atoms with Gasteiger partial charge in [0.2, 0.25) is 0 Å². The second-order valence-corrected chi connectivity index (χ2v) is 7.56. The fourth-order valence-corrected chi connectivity index (χ4v) is 3.08. The minimum absolute atomic E-state index is 0.0815. The second-order valence-electron chi connectivity index (χ2n) is 5.46. The summed E-state index contributed by atoms with van der Waals surface area (Å²) in [6.45, 7) is 5.55. The number of aliphatic imine (C=N–C) groups is 1. The smallest absolute Gasteiger partial charge is 0.191 e. The van der Waals surface area contributed by atoms with Crippen LogP contribution in [0.5, 0.6) is 5.75 Å². The number of benzene rings is 1. The third-order valence-electron chi connectivity index (χ3n) is 3.24. The summed E-state index contributed by atoms with van der Waals surface area (Å²) in [6.07, 6.45) is 1.09. The summed E-state index contributed by atoms with van der Waals surface area (Å²) < 4.78 is 5.53. The molecular weight excluding hydrogens is 395 g/mol. The van der Waals surface area contributed by atoms with Crippen LogP contribution in [0.1, 0.15) is 16.8 Å². The monoisotopic (exact) mass is 416 g/mol. The zero-order valence-electron chi connectivity index (χ0n) is 14.6. The number of ether oxygens (including phenoxy) is 1. The molecule has 1 heterocycles. The highest BCUT2D eigenvalue weighted by atomic mass is 35.5. The molecule has 3 N–H and O–H groups in total. The van der Waals surface area contributed by atoms with Gasteiger partial charge in [-0.25, -0.2) is 9.98 Å². The molecule has 0 fully saturated rings. The minimum atomic E-state index is -0.740. The summed E-state index contributed by atoms with van der Waals surface area (Å²) in [6, 6.07) is 5.12. The lowest BCUT2D eigenvalue weighted by atomic mass is 10.3. The normalized spacial score (nSPS) is 12.7. The highest BCUT2D eigenvalue weighted by molar-refractivity contribution is 7.11. The van der Waals surface area contributed by atoms with Crippen molar-refractivity contribution in [3.8, 4) is 5.75 Å². The van der Waals surface area contributed by atoms with Crippen LogP contribution in [-0.2, 0) is 6.54 Å². The fraction of sp³-hybridized carbons (Fsp3) is 0.412. The van der Waals surface area contributed by atoms with Crippen molar-refractivity contribution in [2.45, 2.75) is 26.5 Å². The van der Waals surface area contributed by atoms with Crippen molar-refractivity contribution in [2.24, 2.45) is 4.99 Å².